The summed E-state index contributed by atoms with van der Waals surface area (Å²) >= 11 is 0. The van der Waals surface area contributed by atoms with Gasteiger partial charge in [-0.25, -0.2) is 8.78 Å². The van der Waals surface area contributed by atoms with Crippen molar-refractivity contribution in [3.05, 3.63) is 29.3 Å². The number of anilines is 1. The minimum absolute atomic E-state index is 0.0913. The smallest absolute Gasteiger partial charge is 0.239 e. The summed E-state index contributed by atoms with van der Waals surface area (Å²) in [4.78, 5) is 13.0. The molecule has 1 amide bonds. The van der Waals surface area contributed by atoms with E-state index in [9.17, 15) is 13.6 Å². The number of carbonyl (C=O) groups excluding carboxylic acids is 1. The lowest BCUT2D eigenvalue weighted by atomic mass is 10.1. The summed E-state index contributed by atoms with van der Waals surface area (Å²) in [7, 11) is 3.20. The largest absolute Gasteiger partial charge is 0.361 e. The third-order valence-corrected chi connectivity index (χ3v) is 2.93. The summed E-state index contributed by atoms with van der Waals surface area (Å²) in [6.45, 7) is 4.78. The van der Waals surface area contributed by atoms with E-state index < -0.39 is 11.6 Å². The van der Waals surface area contributed by atoms with Crippen molar-refractivity contribution >= 4 is 11.6 Å². The maximum atomic E-state index is 14.0. The second-order valence-corrected chi connectivity index (χ2v) is 5.49. The van der Waals surface area contributed by atoms with Crippen LogP contribution in [0.15, 0.2) is 12.1 Å². The second-order valence-electron chi connectivity index (χ2n) is 5.49. The van der Waals surface area contributed by atoms with Gasteiger partial charge >= 0.3 is 0 Å². The van der Waals surface area contributed by atoms with Crippen LogP contribution in [0.25, 0.3) is 0 Å². The average Bonchev–Trinajstić information content (AvgIpc) is 2.35. The van der Waals surface area contributed by atoms with Crippen molar-refractivity contribution in [1.82, 2.24) is 10.6 Å². The van der Waals surface area contributed by atoms with Gasteiger partial charge in [-0.3, -0.25) is 4.79 Å². The third kappa shape index (κ3) is 5.30. The van der Waals surface area contributed by atoms with Crippen LogP contribution in [0.1, 0.15) is 19.4 Å². The first-order chi connectivity index (χ1) is 9.85. The fourth-order valence-electron chi connectivity index (χ4n) is 1.96. The van der Waals surface area contributed by atoms with Gasteiger partial charge in [-0.05, 0) is 30.7 Å². The molecule has 1 rings (SSSR count). The summed E-state index contributed by atoms with van der Waals surface area (Å²) < 4.78 is 28.0. The Balaban J connectivity index is 2.78. The molecule has 4 nitrogen and oxygen atoms in total. The molecule has 0 fully saturated rings. The SMILES string of the molecule is CNCc1cc(F)c(N(C)CC(=O)NCC(C)C)c(F)c1. The highest BCUT2D eigenvalue weighted by atomic mass is 19.1. The van der Waals surface area contributed by atoms with Crippen molar-refractivity contribution in [3.63, 3.8) is 0 Å². The van der Waals surface area contributed by atoms with E-state index in [1.54, 1.807) is 7.05 Å². The molecule has 0 aliphatic carbocycles. The first-order valence-corrected chi connectivity index (χ1v) is 6.95. The van der Waals surface area contributed by atoms with E-state index in [1.165, 1.54) is 24.1 Å². The first kappa shape index (κ1) is 17.4. The van der Waals surface area contributed by atoms with Gasteiger partial charge in [-0.1, -0.05) is 13.8 Å². The molecule has 118 valence electrons. The van der Waals surface area contributed by atoms with Crippen LogP contribution in [-0.2, 0) is 11.3 Å². The van der Waals surface area contributed by atoms with E-state index in [4.69, 9.17) is 0 Å². The molecule has 0 saturated heterocycles. The maximum Gasteiger partial charge on any atom is 0.239 e. The fraction of sp³-hybridized carbons (Fsp3) is 0.533. The van der Waals surface area contributed by atoms with E-state index in [2.05, 4.69) is 10.6 Å². The maximum absolute atomic E-state index is 14.0. The van der Waals surface area contributed by atoms with Gasteiger partial charge in [-0.15, -0.1) is 0 Å². The van der Waals surface area contributed by atoms with Crippen LogP contribution < -0.4 is 15.5 Å². The Morgan fingerprint density at radius 3 is 2.33 bits per heavy atom. The number of halogens is 2. The van der Waals surface area contributed by atoms with Gasteiger partial charge in [-0.2, -0.15) is 0 Å². The van der Waals surface area contributed by atoms with Crippen molar-refractivity contribution < 1.29 is 13.6 Å². The van der Waals surface area contributed by atoms with Crippen LogP contribution in [0, 0.1) is 17.6 Å². The summed E-state index contributed by atoms with van der Waals surface area (Å²) in [6.07, 6.45) is 0. The number of benzene rings is 1. The van der Waals surface area contributed by atoms with Gasteiger partial charge in [0, 0.05) is 20.1 Å². The van der Waals surface area contributed by atoms with E-state index in [0.717, 1.165) is 0 Å². The Morgan fingerprint density at radius 2 is 1.86 bits per heavy atom. The molecule has 0 unspecified atom stereocenters. The lowest BCUT2D eigenvalue weighted by molar-refractivity contribution is -0.119. The van der Waals surface area contributed by atoms with E-state index in [0.29, 0.717) is 24.6 Å². The van der Waals surface area contributed by atoms with Crippen molar-refractivity contribution in [1.29, 1.82) is 0 Å². The van der Waals surface area contributed by atoms with Gasteiger partial charge in [0.2, 0.25) is 5.91 Å². The Morgan fingerprint density at radius 1 is 1.29 bits per heavy atom. The van der Waals surface area contributed by atoms with Crippen LogP contribution in [0.3, 0.4) is 0 Å². The zero-order chi connectivity index (χ0) is 16.0. The molecule has 1 aromatic rings. The molecule has 1 aromatic carbocycles. The molecule has 0 aliphatic heterocycles. The van der Waals surface area contributed by atoms with Gasteiger partial charge in [0.25, 0.3) is 0 Å². The van der Waals surface area contributed by atoms with Crippen LogP contribution >= 0.6 is 0 Å². The normalized spacial score (nSPS) is 10.8. The molecule has 0 radical (unpaired) electrons. The highest BCUT2D eigenvalue weighted by molar-refractivity contribution is 5.81. The predicted octanol–water partition coefficient (Wildman–Crippen LogP) is 1.89. The topological polar surface area (TPSA) is 44.4 Å². The van der Waals surface area contributed by atoms with Gasteiger partial charge in [0.05, 0.1) is 6.54 Å². The van der Waals surface area contributed by atoms with Crippen molar-refractivity contribution in [3.8, 4) is 0 Å². The lowest BCUT2D eigenvalue weighted by Gasteiger charge is -2.21. The minimum Gasteiger partial charge on any atom is -0.361 e. The number of hydrogen-bond acceptors (Lipinski definition) is 3. The number of nitrogens with one attached hydrogen (secondary N) is 2. The number of likely N-dealkylation sites (N-methyl/N-ethyl adjacent to an activating group) is 1. The molecule has 0 aromatic heterocycles. The zero-order valence-electron chi connectivity index (χ0n) is 13.0. The molecule has 6 heteroatoms. The van der Waals surface area contributed by atoms with Gasteiger partial charge in [0.15, 0.2) is 0 Å². The Bertz CT molecular complexity index is 469. The molecule has 0 spiro atoms. The summed E-state index contributed by atoms with van der Waals surface area (Å²) in [5.74, 6) is -1.27. The minimum atomic E-state index is -0.667. The third-order valence-electron chi connectivity index (χ3n) is 2.93. The lowest BCUT2D eigenvalue weighted by Crippen LogP contribution is -2.37. The van der Waals surface area contributed by atoms with Crippen molar-refractivity contribution in [2.24, 2.45) is 5.92 Å². The van der Waals surface area contributed by atoms with Gasteiger partial charge < -0.3 is 15.5 Å². The molecular weight excluding hydrogens is 276 g/mol. The molecule has 0 atom stereocenters. The number of nitrogens with zero attached hydrogens (tertiary/aromatic N) is 1. The van der Waals surface area contributed by atoms with Gasteiger partial charge in [0.1, 0.15) is 17.3 Å². The predicted molar refractivity (Wildman–Crippen MR) is 80.2 cm³/mol. The number of hydrogen-bond donors (Lipinski definition) is 2. The van der Waals surface area contributed by atoms with Crippen LogP contribution in [0.4, 0.5) is 14.5 Å². The monoisotopic (exact) mass is 299 g/mol. The highest BCUT2D eigenvalue weighted by Gasteiger charge is 2.17. The molecule has 0 bridgehead atoms. The van der Waals surface area contributed by atoms with E-state index >= 15 is 0 Å². The van der Waals surface area contributed by atoms with E-state index in [1.807, 2.05) is 13.8 Å². The average molecular weight is 299 g/mol. The van der Waals surface area contributed by atoms with Crippen LogP contribution in [-0.4, -0.2) is 33.1 Å². The molecular formula is C15H23F2N3O. The van der Waals surface area contributed by atoms with E-state index in [-0.39, 0.29) is 18.1 Å². The first-order valence-electron chi connectivity index (χ1n) is 6.95. The summed E-state index contributed by atoms with van der Waals surface area (Å²) in [6, 6.07) is 2.55. The standard InChI is InChI=1S/C15H23F2N3O/c1-10(2)7-19-14(21)9-20(4)15-12(16)5-11(8-18-3)6-13(15)17/h5-6,10,18H,7-9H2,1-4H3,(H,19,21). The second kappa shape index (κ2) is 7.93. The zero-order valence-corrected chi connectivity index (χ0v) is 13.0. The van der Waals surface area contributed by atoms with Crippen LogP contribution in [0.5, 0.6) is 0 Å². The molecule has 21 heavy (non-hydrogen) atoms. The van der Waals surface area contributed by atoms with Crippen molar-refractivity contribution in [2.75, 3.05) is 32.1 Å². The highest BCUT2D eigenvalue weighted by Crippen LogP contribution is 2.24. The molecule has 0 heterocycles. The number of amides is 1. The summed E-state index contributed by atoms with van der Waals surface area (Å²) in [5, 5.41) is 5.55. The fourth-order valence-corrected chi connectivity index (χ4v) is 1.96. The quantitative estimate of drug-likeness (QED) is 0.808. The van der Waals surface area contributed by atoms with Crippen LogP contribution in [0.2, 0.25) is 0 Å². The number of rotatable bonds is 7. The number of carbonyl (C=O) groups is 1. The Labute approximate surface area is 124 Å². The molecule has 2 N–H and O–H groups in total. The van der Waals surface area contributed by atoms with Crippen molar-refractivity contribution in [2.45, 2.75) is 20.4 Å². The Kier molecular flexibility index (Phi) is 6.55. The summed E-state index contributed by atoms with van der Waals surface area (Å²) in [5.41, 5.74) is 0.337. The molecule has 0 aliphatic rings. The Hall–Kier alpha value is -1.69. The molecule has 0 saturated carbocycles.